The van der Waals surface area contributed by atoms with E-state index in [-0.39, 0.29) is 41.3 Å². The highest BCUT2D eigenvalue weighted by Gasteiger charge is 2.36. The molecule has 4 rings (SSSR count). The summed E-state index contributed by atoms with van der Waals surface area (Å²) in [5.41, 5.74) is 1.55. The molecule has 176 valence electrons. The first-order valence-corrected chi connectivity index (χ1v) is 11.8. The van der Waals surface area contributed by atoms with E-state index in [9.17, 15) is 19.1 Å². The monoisotopic (exact) mass is 453 g/mol. The molecule has 33 heavy (non-hydrogen) atoms. The Morgan fingerprint density at radius 1 is 0.909 bits per heavy atom. The SMILES string of the molecule is O=C(Nc1ccc(F)cc1)[C@@H]1C[C@H](C(=O)NC2CCCCC2)CN(Cc2ccc(O)cc2)C1. The second kappa shape index (κ2) is 10.8. The van der Waals surface area contributed by atoms with Crippen molar-refractivity contribution < 1.29 is 19.1 Å². The van der Waals surface area contributed by atoms with E-state index in [4.69, 9.17) is 0 Å². The molecule has 0 bridgehead atoms. The number of rotatable bonds is 6. The number of hydrogen-bond acceptors (Lipinski definition) is 4. The number of likely N-dealkylation sites (tertiary alicyclic amines) is 1. The van der Waals surface area contributed by atoms with Gasteiger partial charge in [-0.15, -0.1) is 0 Å². The Morgan fingerprint density at radius 3 is 2.21 bits per heavy atom. The number of nitrogens with zero attached hydrogens (tertiary/aromatic N) is 1. The Morgan fingerprint density at radius 2 is 1.55 bits per heavy atom. The van der Waals surface area contributed by atoms with E-state index in [1.807, 2.05) is 12.1 Å². The highest BCUT2D eigenvalue weighted by atomic mass is 19.1. The van der Waals surface area contributed by atoms with Crippen LogP contribution in [0.25, 0.3) is 0 Å². The van der Waals surface area contributed by atoms with Crippen molar-refractivity contribution in [3.05, 3.63) is 59.9 Å². The van der Waals surface area contributed by atoms with Crippen molar-refractivity contribution in [2.24, 2.45) is 11.8 Å². The minimum Gasteiger partial charge on any atom is -0.508 e. The standard InChI is InChI=1S/C26H32FN3O3/c27-21-8-10-23(11-9-21)29-26(33)20-14-19(25(32)28-22-4-2-1-3-5-22)16-30(17-20)15-18-6-12-24(31)13-7-18/h6-13,19-20,22,31H,1-5,14-17H2,(H,28,32)(H,29,33)/t19-,20+/m0/s1. The summed E-state index contributed by atoms with van der Waals surface area (Å²) in [6.45, 7) is 1.70. The molecule has 2 aromatic rings. The van der Waals surface area contributed by atoms with Gasteiger partial charge in [0.15, 0.2) is 0 Å². The largest absolute Gasteiger partial charge is 0.508 e. The van der Waals surface area contributed by atoms with Crippen LogP contribution in [0.15, 0.2) is 48.5 Å². The molecule has 2 atom stereocenters. The molecule has 2 amide bonds. The second-order valence-corrected chi connectivity index (χ2v) is 9.33. The van der Waals surface area contributed by atoms with Gasteiger partial charge in [0.1, 0.15) is 11.6 Å². The average molecular weight is 454 g/mol. The van der Waals surface area contributed by atoms with Gasteiger partial charge >= 0.3 is 0 Å². The molecule has 0 spiro atoms. The molecular weight excluding hydrogens is 421 g/mol. The molecule has 0 radical (unpaired) electrons. The van der Waals surface area contributed by atoms with Gasteiger partial charge in [0.05, 0.1) is 11.8 Å². The van der Waals surface area contributed by atoms with Gasteiger partial charge in [-0.25, -0.2) is 4.39 Å². The van der Waals surface area contributed by atoms with Gasteiger partial charge in [0, 0.05) is 31.4 Å². The predicted molar refractivity (Wildman–Crippen MR) is 125 cm³/mol. The molecule has 2 fully saturated rings. The van der Waals surface area contributed by atoms with Crippen molar-refractivity contribution in [2.45, 2.75) is 51.1 Å². The maximum atomic E-state index is 13.2. The fourth-order valence-electron chi connectivity index (χ4n) is 4.90. The predicted octanol–water partition coefficient (Wildman–Crippen LogP) is 4.06. The molecule has 0 unspecified atom stereocenters. The smallest absolute Gasteiger partial charge is 0.228 e. The summed E-state index contributed by atoms with van der Waals surface area (Å²) in [4.78, 5) is 28.3. The molecule has 0 aromatic heterocycles. The van der Waals surface area contributed by atoms with Crippen LogP contribution in [0.5, 0.6) is 5.75 Å². The molecule has 1 heterocycles. The summed E-state index contributed by atoms with van der Waals surface area (Å²) in [5, 5.41) is 15.7. The molecule has 2 aliphatic rings. The van der Waals surface area contributed by atoms with Crippen LogP contribution >= 0.6 is 0 Å². The van der Waals surface area contributed by atoms with Gasteiger partial charge in [0.25, 0.3) is 0 Å². The van der Waals surface area contributed by atoms with Crippen molar-refractivity contribution in [1.29, 1.82) is 0 Å². The minimum atomic E-state index is -0.358. The first-order chi connectivity index (χ1) is 16.0. The van der Waals surface area contributed by atoms with E-state index in [1.54, 1.807) is 12.1 Å². The zero-order valence-corrected chi connectivity index (χ0v) is 18.8. The van der Waals surface area contributed by atoms with Gasteiger partial charge < -0.3 is 15.7 Å². The zero-order valence-electron chi connectivity index (χ0n) is 18.8. The van der Waals surface area contributed by atoms with Gasteiger partial charge in [-0.3, -0.25) is 14.5 Å². The number of carbonyl (C=O) groups excluding carboxylic acids is 2. The van der Waals surface area contributed by atoms with E-state index >= 15 is 0 Å². The molecule has 1 aliphatic carbocycles. The van der Waals surface area contributed by atoms with E-state index < -0.39 is 0 Å². The normalized spacial score (nSPS) is 22.0. The number of amides is 2. The Balaban J connectivity index is 1.45. The molecule has 1 saturated carbocycles. The second-order valence-electron chi connectivity index (χ2n) is 9.33. The Kier molecular flexibility index (Phi) is 7.60. The maximum Gasteiger partial charge on any atom is 0.228 e. The number of aromatic hydroxyl groups is 1. The van der Waals surface area contributed by atoms with Crippen LogP contribution in [-0.4, -0.2) is 41.0 Å². The van der Waals surface area contributed by atoms with Gasteiger partial charge in [-0.2, -0.15) is 0 Å². The van der Waals surface area contributed by atoms with Gasteiger partial charge in [-0.05, 0) is 61.2 Å². The number of piperidine rings is 1. The number of hydrogen-bond donors (Lipinski definition) is 3. The Hall–Kier alpha value is -2.93. The number of phenolic OH excluding ortho intramolecular Hbond substituents is 1. The van der Waals surface area contributed by atoms with E-state index in [1.165, 1.54) is 30.7 Å². The molecule has 6 nitrogen and oxygen atoms in total. The number of halogens is 1. The van der Waals surface area contributed by atoms with Crippen LogP contribution in [0.3, 0.4) is 0 Å². The Bertz CT molecular complexity index is 942. The molecule has 7 heteroatoms. The summed E-state index contributed by atoms with van der Waals surface area (Å²) < 4.78 is 13.2. The van der Waals surface area contributed by atoms with E-state index in [0.717, 1.165) is 31.2 Å². The number of carbonyl (C=O) groups is 2. The summed E-state index contributed by atoms with van der Waals surface area (Å²) in [5.74, 6) is -0.918. The molecule has 1 aliphatic heterocycles. The lowest BCUT2D eigenvalue weighted by molar-refractivity contribution is -0.130. The van der Waals surface area contributed by atoms with Crippen molar-refractivity contribution in [3.8, 4) is 5.75 Å². The van der Waals surface area contributed by atoms with Gasteiger partial charge in [0.2, 0.25) is 11.8 Å². The quantitative estimate of drug-likeness (QED) is 0.616. The van der Waals surface area contributed by atoms with Crippen molar-refractivity contribution in [2.75, 3.05) is 18.4 Å². The lowest BCUT2D eigenvalue weighted by Crippen LogP contribution is -2.50. The van der Waals surface area contributed by atoms with Crippen LogP contribution < -0.4 is 10.6 Å². The third-order valence-electron chi connectivity index (χ3n) is 6.67. The van der Waals surface area contributed by atoms with Crippen molar-refractivity contribution in [3.63, 3.8) is 0 Å². The summed E-state index contributed by atoms with van der Waals surface area (Å²) in [6, 6.07) is 12.9. The summed E-state index contributed by atoms with van der Waals surface area (Å²) in [6.07, 6.45) is 6.03. The van der Waals surface area contributed by atoms with Crippen LogP contribution in [-0.2, 0) is 16.1 Å². The number of phenols is 1. The van der Waals surface area contributed by atoms with Crippen LogP contribution in [0.4, 0.5) is 10.1 Å². The van der Waals surface area contributed by atoms with Crippen LogP contribution in [0.2, 0.25) is 0 Å². The lowest BCUT2D eigenvalue weighted by Gasteiger charge is -2.37. The number of anilines is 1. The first-order valence-electron chi connectivity index (χ1n) is 11.8. The molecule has 2 aromatic carbocycles. The lowest BCUT2D eigenvalue weighted by atomic mass is 9.86. The summed E-state index contributed by atoms with van der Waals surface area (Å²) in [7, 11) is 0. The van der Waals surface area contributed by atoms with Crippen LogP contribution in [0, 0.1) is 17.7 Å². The first kappa shape index (κ1) is 23.2. The Labute approximate surface area is 194 Å². The maximum absolute atomic E-state index is 13.2. The van der Waals surface area contributed by atoms with Gasteiger partial charge in [-0.1, -0.05) is 31.4 Å². The molecule has 1 saturated heterocycles. The van der Waals surface area contributed by atoms with Crippen molar-refractivity contribution in [1.82, 2.24) is 10.2 Å². The van der Waals surface area contributed by atoms with E-state index in [0.29, 0.717) is 31.7 Å². The highest BCUT2D eigenvalue weighted by Crippen LogP contribution is 2.27. The fourth-order valence-corrected chi connectivity index (χ4v) is 4.90. The van der Waals surface area contributed by atoms with E-state index in [2.05, 4.69) is 15.5 Å². The molecular formula is C26H32FN3O3. The molecule has 3 N–H and O–H groups in total. The third kappa shape index (κ3) is 6.54. The van der Waals surface area contributed by atoms with Crippen molar-refractivity contribution >= 4 is 17.5 Å². The fraction of sp³-hybridized carbons (Fsp3) is 0.462. The zero-order chi connectivity index (χ0) is 23.2. The minimum absolute atomic E-state index is 0.0249. The topological polar surface area (TPSA) is 81.7 Å². The van der Waals surface area contributed by atoms with Crippen LogP contribution in [0.1, 0.15) is 44.1 Å². The highest BCUT2D eigenvalue weighted by molar-refractivity contribution is 5.93. The average Bonchev–Trinajstić information content (AvgIpc) is 2.82. The summed E-state index contributed by atoms with van der Waals surface area (Å²) >= 11 is 0. The third-order valence-corrected chi connectivity index (χ3v) is 6.67. The number of nitrogens with one attached hydrogen (secondary N) is 2. The number of benzene rings is 2.